The fourth-order valence-corrected chi connectivity index (χ4v) is 10.6. The van der Waals surface area contributed by atoms with Crippen molar-refractivity contribution in [3.8, 4) is 0 Å². The number of rotatable bonds is 8. The Balaban J connectivity index is 0.000000201. The number of carboxylic acids is 1. The molecule has 2 aliphatic carbocycles. The zero-order valence-electron chi connectivity index (χ0n) is 40.7. The average molecular weight is 1040 g/mol. The van der Waals surface area contributed by atoms with Gasteiger partial charge in [0.25, 0.3) is 11.8 Å². The molecule has 4 atom stereocenters. The zero-order chi connectivity index (χ0) is 52.4. The van der Waals surface area contributed by atoms with Gasteiger partial charge in [-0.1, -0.05) is 39.1 Å². The minimum atomic E-state index is -1.46. The van der Waals surface area contributed by atoms with Crippen LogP contribution in [0.3, 0.4) is 0 Å². The molecule has 19 nitrogen and oxygen atoms in total. The molecule has 75 heavy (non-hydrogen) atoms. The van der Waals surface area contributed by atoms with Crippen molar-refractivity contribution in [3.63, 3.8) is 0 Å². The van der Waals surface area contributed by atoms with Gasteiger partial charge in [-0.3, -0.25) is 19.2 Å². The number of ether oxygens (including phenoxy) is 2. The molecule has 4 heterocycles. The topological polar surface area (TPSA) is 245 Å². The lowest BCUT2D eigenvalue weighted by atomic mass is 9.94. The maximum atomic E-state index is 13.6. The summed E-state index contributed by atoms with van der Waals surface area (Å²) in [4.78, 5) is 101. The molecular weight excluding hydrogens is 975 g/mol. The Morgan fingerprint density at radius 2 is 1.17 bits per heavy atom. The van der Waals surface area contributed by atoms with Gasteiger partial charge in [0.1, 0.15) is 24.7 Å². The van der Waals surface area contributed by atoms with Gasteiger partial charge in [-0.25, -0.2) is 37.8 Å². The summed E-state index contributed by atoms with van der Waals surface area (Å²) in [6, 6.07) is 19.0. The molecule has 4 aromatic carbocycles. The number of hydrogen-bond donors (Lipinski definition) is 6. The van der Waals surface area contributed by atoms with Crippen LogP contribution in [-0.4, -0.2) is 108 Å². The summed E-state index contributed by atoms with van der Waals surface area (Å²) in [5, 5.41) is 22.5. The Kier molecular flexibility index (Phi) is 17.3. The van der Waals surface area contributed by atoms with Gasteiger partial charge >= 0.3 is 30.2 Å². The Morgan fingerprint density at radius 3 is 1.63 bits per heavy atom. The number of anilines is 2. The molecule has 400 valence electrons. The quantitative estimate of drug-likeness (QED) is 0.0989. The normalized spacial score (nSPS) is 21.7. The van der Waals surface area contributed by atoms with E-state index in [1.54, 1.807) is 66.4 Å². The predicted octanol–water partition coefficient (Wildman–Crippen LogP) is 7.84. The molecule has 2 unspecified atom stereocenters. The summed E-state index contributed by atoms with van der Waals surface area (Å²) >= 11 is 0. The second-order valence-corrected chi connectivity index (χ2v) is 18.6. The van der Waals surface area contributed by atoms with Crippen molar-refractivity contribution in [1.82, 2.24) is 30.7 Å². The van der Waals surface area contributed by atoms with E-state index in [1.807, 2.05) is 13.0 Å². The number of fused-ring (bicyclic) bond motifs is 4. The molecular formula is C54H64F2N8O11. The van der Waals surface area contributed by atoms with Crippen molar-refractivity contribution in [2.75, 3.05) is 50.9 Å². The number of aliphatic carboxylic acids is 1. The number of carbonyl (C=O) groups excluding carboxylic acids is 7. The summed E-state index contributed by atoms with van der Waals surface area (Å²) in [6.07, 6.45) is 3.55. The number of halogens is 2. The maximum Gasteiger partial charge on any atom is 0.418 e. The Bertz CT molecular complexity index is 2910. The number of nitrogens with one attached hydrogen (secondary N) is 5. The van der Waals surface area contributed by atoms with Crippen LogP contribution in [0.25, 0.3) is 0 Å². The van der Waals surface area contributed by atoms with Gasteiger partial charge in [0.15, 0.2) is 0 Å². The number of carbonyl (C=O) groups is 8. The van der Waals surface area contributed by atoms with Crippen molar-refractivity contribution < 1.29 is 61.7 Å². The van der Waals surface area contributed by atoms with Crippen LogP contribution >= 0.6 is 0 Å². The van der Waals surface area contributed by atoms with Gasteiger partial charge in [-0.05, 0) is 141 Å². The zero-order valence-corrected chi connectivity index (χ0v) is 40.7. The first-order valence-corrected chi connectivity index (χ1v) is 24.0. The van der Waals surface area contributed by atoms with E-state index in [9.17, 15) is 47.1 Å². The minimum absolute atomic E-state index is 0. The second kappa shape index (κ2) is 23.1. The van der Waals surface area contributed by atoms with E-state index < -0.39 is 54.3 Å². The molecule has 0 bridgehead atoms. The van der Waals surface area contributed by atoms with Crippen LogP contribution < -0.4 is 26.6 Å². The van der Waals surface area contributed by atoms with Gasteiger partial charge in [0.05, 0.1) is 6.04 Å². The highest BCUT2D eigenvalue weighted by Gasteiger charge is 2.60. The van der Waals surface area contributed by atoms with E-state index >= 15 is 0 Å². The van der Waals surface area contributed by atoms with Crippen LogP contribution in [0.15, 0.2) is 72.8 Å². The van der Waals surface area contributed by atoms with Gasteiger partial charge in [0, 0.05) is 62.0 Å². The first-order valence-electron chi connectivity index (χ1n) is 24.0. The monoisotopic (exact) mass is 1040 g/mol. The van der Waals surface area contributed by atoms with E-state index in [4.69, 9.17) is 14.6 Å². The molecule has 21 heteroatoms. The maximum absolute atomic E-state index is 13.6. The van der Waals surface area contributed by atoms with Crippen molar-refractivity contribution in [3.05, 3.63) is 129 Å². The fourth-order valence-electron chi connectivity index (χ4n) is 10.6. The fraction of sp³-hybridized carbons (Fsp3) is 0.407. The lowest BCUT2D eigenvalue weighted by Gasteiger charge is -2.27. The number of carboxylic acid groups (broad SMARTS) is 1. The number of benzene rings is 4. The third-order valence-electron chi connectivity index (χ3n) is 14.1. The van der Waals surface area contributed by atoms with E-state index in [-0.39, 0.29) is 63.3 Å². The average Bonchev–Trinajstić information content (AvgIpc) is 4.24. The van der Waals surface area contributed by atoms with Crippen LogP contribution in [0, 0.1) is 25.5 Å². The SMILES string of the molecule is C.C.CNC(=O)Nc1ccc2c(c1)CC[C@@]21OC(=O)N(CC(=O)N2CCCC2c2ccc(F)cc2C)C1=O.CNC(=O)Nc1ccc2c(c1)CC[C@@]21OC(=O)N(CC(=O)O)C1=O.Cc1cc(F)ccc1C1CCCN1. The van der Waals surface area contributed by atoms with Gasteiger partial charge in [-0.2, -0.15) is 0 Å². The van der Waals surface area contributed by atoms with E-state index in [0.29, 0.717) is 52.8 Å². The number of hydrogen-bond acceptors (Lipinski definition) is 11. The summed E-state index contributed by atoms with van der Waals surface area (Å²) in [7, 11) is 3.00. The lowest BCUT2D eigenvalue weighted by molar-refractivity contribution is -0.144. The summed E-state index contributed by atoms with van der Waals surface area (Å²) in [6.45, 7) is 4.21. The second-order valence-electron chi connectivity index (χ2n) is 18.6. The summed E-state index contributed by atoms with van der Waals surface area (Å²) in [5.74, 6) is -3.34. The van der Waals surface area contributed by atoms with Crippen molar-refractivity contribution in [1.29, 1.82) is 0 Å². The molecule has 4 saturated heterocycles. The standard InChI is InChI=1S/C26H27FN4O5.C15H15N3O6.C11H14FN.2CH4/c1-15-12-17(27)5-7-19(15)21-4-3-11-30(21)22(32)14-31-23(33)26(36-25(31)35)10-9-16-13-18(6-8-20(16)26)29-24(34)28-2;1-16-13(22)17-9-2-3-10-8(6-9)4-5-15(10)12(21)18(7-11(19)20)14(23)24-15;1-8-7-9(12)4-5-10(8)11-3-2-6-13-11;;/h5-8,12-13,21H,3-4,9-11,14H2,1-2H3,(H2,28,29,34);2-3,6H,4-5,7H2,1H3,(H,19,20)(H2,16,17,22);4-5,7,11,13H,2-3,6H2,1H3;2*1H4/t21?,26-;15-;;;/m11.../s1. The molecule has 0 saturated carbocycles. The molecule has 4 fully saturated rings. The van der Waals surface area contributed by atoms with Crippen molar-refractivity contribution in [2.24, 2.45) is 0 Å². The number of nitrogens with zero attached hydrogens (tertiary/aromatic N) is 3. The van der Waals surface area contributed by atoms with Gasteiger partial charge < -0.3 is 46.1 Å². The van der Waals surface area contributed by atoms with Crippen molar-refractivity contribution >= 4 is 59.3 Å². The third-order valence-corrected chi connectivity index (χ3v) is 14.1. The molecule has 6 N–H and O–H groups in total. The Hall–Kier alpha value is -7.94. The first kappa shape index (κ1) is 56.4. The largest absolute Gasteiger partial charge is 0.480 e. The molecule has 9 amide bonds. The van der Waals surface area contributed by atoms with Crippen LogP contribution in [0.5, 0.6) is 0 Å². The van der Waals surface area contributed by atoms with Crippen molar-refractivity contribution in [2.45, 2.75) is 103 Å². The number of aryl methyl sites for hydroxylation is 4. The van der Waals surface area contributed by atoms with E-state index in [2.05, 4.69) is 26.6 Å². The Morgan fingerprint density at radius 1 is 0.680 bits per heavy atom. The van der Waals surface area contributed by atoms with Crippen LogP contribution in [0.2, 0.25) is 0 Å². The smallest absolute Gasteiger partial charge is 0.418 e. The van der Waals surface area contributed by atoms with Gasteiger partial charge in [0.2, 0.25) is 17.1 Å². The van der Waals surface area contributed by atoms with E-state index in [1.165, 1.54) is 44.6 Å². The molecule has 4 aromatic rings. The molecule has 0 radical (unpaired) electrons. The molecule has 4 aliphatic heterocycles. The minimum Gasteiger partial charge on any atom is -0.480 e. The molecule has 6 aliphatic rings. The number of amides is 9. The highest BCUT2D eigenvalue weighted by molar-refractivity contribution is 6.07. The molecule has 2 spiro atoms. The summed E-state index contributed by atoms with van der Waals surface area (Å²) < 4.78 is 37.3. The predicted molar refractivity (Wildman–Crippen MR) is 272 cm³/mol. The first-order chi connectivity index (χ1) is 34.9. The lowest BCUT2D eigenvalue weighted by Crippen LogP contribution is -2.44. The van der Waals surface area contributed by atoms with E-state index in [0.717, 1.165) is 52.1 Å². The summed E-state index contributed by atoms with van der Waals surface area (Å²) in [5.41, 5.74) is 4.75. The molecule has 10 rings (SSSR count). The number of likely N-dealkylation sites (tertiary alicyclic amines) is 1. The molecule has 0 aromatic heterocycles. The van der Waals surface area contributed by atoms with Gasteiger partial charge in [-0.15, -0.1) is 0 Å². The van der Waals surface area contributed by atoms with Crippen LogP contribution in [0.4, 0.5) is 39.3 Å². The van der Waals surface area contributed by atoms with Crippen LogP contribution in [0.1, 0.15) is 110 Å². The Labute approximate surface area is 433 Å². The highest BCUT2D eigenvalue weighted by atomic mass is 19.1. The van der Waals surface area contributed by atoms with Crippen LogP contribution in [-0.2, 0) is 52.7 Å². The third kappa shape index (κ3) is 11.3. The number of imide groups is 2. The number of urea groups is 2. The highest BCUT2D eigenvalue weighted by Crippen LogP contribution is 2.48.